The predicted octanol–water partition coefficient (Wildman–Crippen LogP) is 2.83. The SMILES string of the molecule is CCCNc1ccc(C(=O)Nc2ccc(F)c(F)c2)nn1. The zero-order valence-corrected chi connectivity index (χ0v) is 11.4. The van der Waals surface area contributed by atoms with Gasteiger partial charge in [-0.1, -0.05) is 6.92 Å². The Morgan fingerprint density at radius 2 is 1.95 bits per heavy atom. The zero-order valence-electron chi connectivity index (χ0n) is 11.4. The van der Waals surface area contributed by atoms with Crippen LogP contribution in [-0.4, -0.2) is 22.6 Å². The third kappa shape index (κ3) is 3.95. The van der Waals surface area contributed by atoms with Crippen LogP contribution < -0.4 is 10.6 Å². The number of hydrogen-bond acceptors (Lipinski definition) is 4. The van der Waals surface area contributed by atoms with Gasteiger partial charge in [-0.05, 0) is 30.7 Å². The summed E-state index contributed by atoms with van der Waals surface area (Å²) in [5, 5.41) is 13.1. The molecule has 5 nitrogen and oxygen atoms in total. The number of carbonyl (C=O) groups is 1. The first-order valence-corrected chi connectivity index (χ1v) is 6.44. The van der Waals surface area contributed by atoms with E-state index in [4.69, 9.17) is 0 Å². The summed E-state index contributed by atoms with van der Waals surface area (Å²) in [6.45, 7) is 2.78. The summed E-state index contributed by atoms with van der Waals surface area (Å²) in [6.07, 6.45) is 0.944. The van der Waals surface area contributed by atoms with Crippen LogP contribution in [0.15, 0.2) is 30.3 Å². The van der Waals surface area contributed by atoms with Crippen LogP contribution in [0.2, 0.25) is 0 Å². The normalized spacial score (nSPS) is 10.2. The lowest BCUT2D eigenvalue weighted by molar-refractivity contribution is 0.102. The quantitative estimate of drug-likeness (QED) is 0.889. The molecule has 0 aliphatic carbocycles. The van der Waals surface area contributed by atoms with Crippen LogP contribution in [0.25, 0.3) is 0 Å². The van der Waals surface area contributed by atoms with Gasteiger partial charge in [0.1, 0.15) is 5.82 Å². The summed E-state index contributed by atoms with van der Waals surface area (Å²) in [5.74, 6) is -1.98. The highest BCUT2D eigenvalue weighted by atomic mass is 19.2. The number of halogens is 2. The Morgan fingerprint density at radius 3 is 2.57 bits per heavy atom. The molecule has 0 bridgehead atoms. The molecule has 2 rings (SSSR count). The molecule has 0 atom stereocenters. The number of nitrogens with zero attached hydrogens (tertiary/aromatic N) is 2. The molecule has 1 amide bonds. The van der Waals surface area contributed by atoms with Crippen molar-refractivity contribution < 1.29 is 13.6 Å². The molecule has 0 fully saturated rings. The number of amides is 1. The van der Waals surface area contributed by atoms with Crippen LogP contribution in [0.4, 0.5) is 20.3 Å². The van der Waals surface area contributed by atoms with Crippen LogP contribution >= 0.6 is 0 Å². The van der Waals surface area contributed by atoms with Crippen molar-refractivity contribution in [1.29, 1.82) is 0 Å². The second kappa shape index (κ2) is 6.74. The van der Waals surface area contributed by atoms with Gasteiger partial charge in [-0.2, -0.15) is 0 Å². The van der Waals surface area contributed by atoms with E-state index in [1.807, 2.05) is 6.92 Å². The Balaban J connectivity index is 2.04. The number of aromatic nitrogens is 2. The van der Waals surface area contributed by atoms with Crippen LogP contribution in [0.1, 0.15) is 23.8 Å². The van der Waals surface area contributed by atoms with Crippen molar-refractivity contribution in [3.05, 3.63) is 47.7 Å². The van der Waals surface area contributed by atoms with Gasteiger partial charge >= 0.3 is 0 Å². The van der Waals surface area contributed by atoms with Gasteiger partial charge in [0.15, 0.2) is 17.3 Å². The molecule has 2 aromatic rings. The number of anilines is 2. The van der Waals surface area contributed by atoms with E-state index in [1.54, 1.807) is 6.07 Å². The van der Waals surface area contributed by atoms with E-state index in [0.717, 1.165) is 25.1 Å². The van der Waals surface area contributed by atoms with Crippen LogP contribution in [0.3, 0.4) is 0 Å². The van der Waals surface area contributed by atoms with Gasteiger partial charge < -0.3 is 10.6 Å². The maximum Gasteiger partial charge on any atom is 0.276 e. The highest BCUT2D eigenvalue weighted by Gasteiger charge is 2.10. The van der Waals surface area contributed by atoms with Gasteiger partial charge in [0, 0.05) is 18.3 Å². The van der Waals surface area contributed by atoms with Crippen molar-refractivity contribution in [2.45, 2.75) is 13.3 Å². The largest absolute Gasteiger partial charge is 0.369 e. The number of carbonyl (C=O) groups excluding carboxylic acids is 1. The van der Waals surface area contributed by atoms with Gasteiger partial charge in [-0.15, -0.1) is 10.2 Å². The number of hydrogen-bond donors (Lipinski definition) is 2. The minimum Gasteiger partial charge on any atom is -0.369 e. The average Bonchev–Trinajstić information content (AvgIpc) is 2.49. The third-order valence-corrected chi connectivity index (χ3v) is 2.63. The summed E-state index contributed by atoms with van der Waals surface area (Å²) in [6, 6.07) is 6.23. The standard InChI is InChI=1S/C14H14F2N4O/c1-2-7-17-13-6-5-12(19-20-13)14(21)18-9-3-4-10(15)11(16)8-9/h3-6,8H,2,7H2,1H3,(H,17,20)(H,18,21). The lowest BCUT2D eigenvalue weighted by Gasteiger charge is -2.06. The Kier molecular flexibility index (Phi) is 4.76. The third-order valence-electron chi connectivity index (χ3n) is 2.63. The Hall–Kier alpha value is -2.57. The minimum atomic E-state index is -1.03. The van der Waals surface area contributed by atoms with Gasteiger partial charge in [0.05, 0.1) is 0 Å². The van der Waals surface area contributed by atoms with Gasteiger partial charge in [-0.25, -0.2) is 8.78 Å². The lowest BCUT2D eigenvalue weighted by Crippen LogP contribution is -2.15. The first-order chi connectivity index (χ1) is 10.1. The van der Waals surface area contributed by atoms with Crippen molar-refractivity contribution in [2.75, 3.05) is 17.2 Å². The summed E-state index contributed by atoms with van der Waals surface area (Å²) >= 11 is 0. The molecule has 1 aromatic carbocycles. The molecule has 0 radical (unpaired) electrons. The topological polar surface area (TPSA) is 66.9 Å². The lowest BCUT2D eigenvalue weighted by atomic mass is 10.3. The Labute approximate surface area is 120 Å². The van der Waals surface area contributed by atoms with Crippen LogP contribution in [0.5, 0.6) is 0 Å². The summed E-state index contributed by atoms with van der Waals surface area (Å²) in [7, 11) is 0. The molecule has 0 aliphatic heterocycles. The molecule has 0 saturated heterocycles. The van der Waals surface area contributed by atoms with Crippen molar-refractivity contribution in [3.8, 4) is 0 Å². The molecule has 1 heterocycles. The minimum absolute atomic E-state index is 0.0850. The van der Waals surface area contributed by atoms with E-state index >= 15 is 0 Å². The first kappa shape index (κ1) is 14.8. The maximum absolute atomic E-state index is 13.0. The Morgan fingerprint density at radius 1 is 1.14 bits per heavy atom. The molecule has 0 unspecified atom stereocenters. The second-order valence-electron chi connectivity index (χ2n) is 4.31. The Bertz CT molecular complexity index is 631. The molecular weight excluding hydrogens is 278 g/mol. The fraction of sp³-hybridized carbons (Fsp3) is 0.214. The fourth-order valence-corrected chi connectivity index (χ4v) is 1.57. The van der Waals surface area contributed by atoms with E-state index in [2.05, 4.69) is 20.8 Å². The molecular formula is C14H14F2N4O. The van der Waals surface area contributed by atoms with E-state index in [-0.39, 0.29) is 11.4 Å². The van der Waals surface area contributed by atoms with Crippen molar-refractivity contribution >= 4 is 17.4 Å². The van der Waals surface area contributed by atoms with E-state index < -0.39 is 17.5 Å². The van der Waals surface area contributed by atoms with Crippen LogP contribution in [-0.2, 0) is 0 Å². The monoisotopic (exact) mass is 292 g/mol. The average molecular weight is 292 g/mol. The zero-order chi connectivity index (χ0) is 15.2. The molecule has 21 heavy (non-hydrogen) atoms. The highest BCUT2D eigenvalue weighted by Crippen LogP contribution is 2.14. The van der Waals surface area contributed by atoms with Crippen molar-refractivity contribution in [3.63, 3.8) is 0 Å². The molecule has 2 N–H and O–H groups in total. The van der Waals surface area contributed by atoms with Crippen molar-refractivity contribution in [2.24, 2.45) is 0 Å². The summed E-state index contributed by atoms with van der Waals surface area (Å²) < 4.78 is 25.8. The van der Waals surface area contributed by atoms with Gasteiger partial charge in [0.25, 0.3) is 5.91 Å². The van der Waals surface area contributed by atoms with E-state index in [1.165, 1.54) is 12.1 Å². The van der Waals surface area contributed by atoms with Gasteiger partial charge in [0.2, 0.25) is 0 Å². The van der Waals surface area contributed by atoms with Crippen LogP contribution in [0, 0.1) is 11.6 Å². The number of nitrogens with one attached hydrogen (secondary N) is 2. The smallest absolute Gasteiger partial charge is 0.276 e. The molecule has 1 aromatic heterocycles. The number of benzene rings is 1. The molecule has 0 saturated carbocycles. The summed E-state index contributed by atoms with van der Waals surface area (Å²) in [5.41, 5.74) is 0.232. The second-order valence-corrected chi connectivity index (χ2v) is 4.31. The molecule has 110 valence electrons. The molecule has 0 aliphatic rings. The first-order valence-electron chi connectivity index (χ1n) is 6.44. The molecule has 0 spiro atoms. The highest BCUT2D eigenvalue weighted by molar-refractivity contribution is 6.02. The summed E-state index contributed by atoms with van der Waals surface area (Å²) in [4.78, 5) is 11.9. The van der Waals surface area contributed by atoms with Crippen molar-refractivity contribution in [1.82, 2.24) is 10.2 Å². The van der Waals surface area contributed by atoms with E-state index in [9.17, 15) is 13.6 Å². The van der Waals surface area contributed by atoms with E-state index in [0.29, 0.717) is 5.82 Å². The fourth-order valence-electron chi connectivity index (χ4n) is 1.57. The molecule has 7 heteroatoms. The number of rotatable bonds is 5. The maximum atomic E-state index is 13.0. The van der Waals surface area contributed by atoms with Gasteiger partial charge in [-0.3, -0.25) is 4.79 Å². The predicted molar refractivity (Wildman–Crippen MR) is 75.1 cm³/mol.